The highest BCUT2D eigenvalue weighted by Crippen LogP contribution is 2.29. The van der Waals surface area contributed by atoms with Crippen LogP contribution in [-0.2, 0) is 9.53 Å². The van der Waals surface area contributed by atoms with E-state index in [9.17, 15) is 4.79 Å². The minimum absolute atomic E-state index is 0.113. The lowest BCUT2D eigenvalue weighted by Crippen LogP contribution is -2.42. The molecule has 1 aliphatic heterocycles. The van der Waals surface area contributed by atoms with Crippen LogP contribution in [0.3, 0.4) is 0 Å². The highest BCUT2D eigenvalue weighted by molar-refractivity contribution is 5.79. The Kier molecular flexibility index (Phi) is 6.26. The van der Waals surface area contributed by atoms with Gasteiger partial charge in [0, 0.05) is 31.6 Å². The molecule has 0 bridgehead atoms. The van der Waals surface area contributed by atoms with E-state index in [4.69, 9.17) is 10.5 Å². The molecule has 0 spiro atoms. The molecule has 3 N–H and O–H groups in total. The fourth-order valence-electron chi connectivity index (χ4n) is 3.19. The van der Waals surface area contributed by atoms with Crippen molar-refractivity contribution in [2.24, 2.45) is 17.6 Å². The standard InChI is InChI=1S/C15H29N3O2/c1-12-3-4-13(16)11-14(12)15(19)17-5-2-6-18-7-9-20-10-8-18/h12-14H,2-11,16H2,1H3,(H,17,19). The molecule has 0 aromatic heterocycles. The lowest BCUT2D eigenvalue weighted by atomic mass is 9.78. The number of amides is 1. The summed E-state index contributed by atoms with van der Waals surface area (Å²) in [5, 5.41) is 3.09. The van der Waals surface area contributed by atoms with Crippen molar-refractivity contribution in [3.8, 4) is 0 Å². The Hall–Kier alpha value is -0.650. The zero-order valence-electron chi connectivity index (χ0n) is 12.6. The van der Waals surface area contributed by atoms with Gasteiger partial charge in [-0.3, -0.25) is 9.69 Å². The van der Waals surface area contributed by atoms with Gasteiger partial charge < -0.3 is 15.8 Å². The topological polar surface area (TPSA) is 67.6 Å². The maximum Gasteiger partial charge on any atom is 0.223 e. The summed E-state index contributed by atoms with van der Waals surface area (Å²) in [5.41, 5.74) is 5.98. The highest BCUT2D eigenvalue weighted by atomic mass is 16.5. The number of nitrogens with two attached hydrogens (primary N) is 1. The lowest BCUT2D eigenvalue weighted by Gasteiger charge is -2.31. The summed E-state index contributed by atoms with van der Waals surface area (Å²) in [4.78, 5) is 14.6. The highest BCUT2D eigenvalue weighted by Gasteiger charge is 2.30. The summed E-state index contributed by atoms with van der Waals surface area (Å²) in [6, 6.07) is 0.204. The van der Waals surface area contributed by atoms with E-state index in [0.29, 0.717) is 5.92 Å². The number of rotatable bonds is 5. The molecule has 3 atom stereocenters. The second-order valence-electron chi connectivity index (χ2n) is 6.26. The largest absolute Gasteiger partial charge is 0.379 e. The summed E-state index contributed by atoms with van der Waals surface area (Å²) in [6.07, 6.45) is 3.99. The Morgan fingerprint density at radius 3 is 2.85 bits per heavy atom. The summed E-state index contributed by atoms with van der Waals surface area (Å²) < 4.78 is 5.32. The van der Waals surface area contributed by atoms with Gasteiger partial charge in [0.25, 0.3) is 0 Å². The molecule has 0 aromatic carbocycles. The Morgan fingerprint density at radius 2 is 2.10 bits per heavy atom. The van der Waals surface area contributed by atoms with Crippen molar-refractivity contribution in [2.75, 3.05) is 39.4 Å². The molecule has 2 fully saturated rings. The lowest BCUT2D eigenvalue weighted by molar-refractivity contribution is -0.127. The van der Waals surface area contributed by atoms with Crippen LogP contribution in [0, 0.1) is 11.8 Å². The quantitative estimate of drug-likeness (QED) is 0.725. The van der Waals surface area contributed by atoms with Crippen LogP contribution in [-0.4, -0.2) is 56.2 Å². The van der Waals surface area contributed by atoms with Crippen LogP contribution >= 0.6 is 0 Å². The number of hydrogen-bond donors (Lipinski definition) is 2. The van der Waals surface area contributed by atoms with Gasteiger partial charge in [-0.15, -0.1) is 0 Å². The van der Waals surface area contributed by atoms with Crippen LogP contribution < -0.4 is 11.1 Å². The molecule has 20 heavy (non-hydrogen) atoms. The molecule has 1 saturated carbocycles. The number of nitrogens with one attached hydrogen (secondary N) is 1. The van der Waals surface area contributed by atoms with E-state index < -0.39 is 0 Å². The Bertz CT molecular complexity index is 305. The predicted molar refractivity (Wildman–Crippen MR) is 79.4 cm³/mol. The van der Waals surface area contributed by atoms with Gasteiger partial charge in [-0.1, -0.05) is 6.92 Å². The van der Waals surface area contributed by atoms with Crippen LogP contribution in [0.25, 0.3) is 0 Å². The molecule has 1 saturated heterocycles. The van der Waals surface area contributed by atoms with E-state index in [1.807, 2.05) is 0 Å². The van der Waals surface area contributed by atoms with E-state index in [1.165, 1.54) is 0 Å². The van der Waals surface area contributed by atoms with Crippen LogP contribution in [0.5, 0.6) is 0 Å². The molecule has 1 heterocycles. The van der Waals surface area contributed by atoms with Crippen LogP contribution in [0.4, 0.5) is 0 Å². The van der Waals surface area contributed by atoms with Gasteiger partial charge in [0.2, 0.25) is 5.91 Å². The fraction of sp³-hybridized carbons (Fsp3) is 0.933. The molecular formula is C15H29N3O2. The number of carbonyl (C=O) groups excluding carboxylic acids is 1. The zero-order valence-corrected chi connectivity index (χ0v) is 12.6. The van der Waals surface area contributed by atoms with Gasteiger partial charge in [0.05, 0.1) is 13.2 Å². The van der Waals surface area contributed by atoms with Gasteiger partial charge in [0.15, 0.2) is 0 Å². The first kappa shape index (κ1) is 15.7. The minimum Gasteiger partial charge on any atom is -0.379 e. The van der Waals surface area contributed by atoms with E-state index in [0.717, 1.165) is 65.1 Å². The van der Waals surface area contributed by atoms with E-state index >= 15 is 0 Å². The zero-order chi connectivity index (χ0) is 14.4. The maximum absolute atomic E-state index is 12.2. The van der Waals surface area contributed by atoms with Crippen molar-refractivity contribution in [3.63, 3.8) is 0 Å². The smallest absolute Gasteiger partial charge is 0.223 e. The first-order chi connectivity index (χ1) is 9.66. The molecule has 1 amide bonds. The number of carbonyl (C=O) groups is 1. The molecule has 1 aliphatic carbocycles. The molecule has 3 unspecified atom stereocenters. The second kappa shape index (κ2) is 7.96. The average molecular weight is 283 g/mol. The Labute approximate surface area is 122 Å². The summed E-state index contributed by atoms with van der Waals surface area (Å²) in [7, 11) is 0. The van der Waals surface area contributed by atoms with Crippen molar-refractivity contribution in [1.29, 1.82) is 0 Å². The third-order valence-electron chi connectivity index (χ3n) is 4.63. The minimum atomic E-state index is 0.113. The third kappa shape index (κ3) is 4.72. The van der Waals surface area contributed by atoms with E-state index in [-0.39, 0.29) is 17.9 Å². The van der Waals surface area contributed by atoms with Crippen molar-refractivity contribution >= 4 is 5.91 Å². The molecule has 5 nitrogen and oxygen atoms in total. The van der Waals surface area contributed by atoms with Crippen LogP contribution in [0.1, 0.15) is 32.6 Å². The number of ether oxygens (including phenoxy) is 1. The number of nitrogens with zero attached hydrogens (tertiary/aromatic N) is 1. The number of morpholine rings is 1. The Morgan fingerprint density at radius 1 is 1.35 bits per heavy atom. The predicted octanol–water partition coefficient (Wildman–Crippen LogP) is 0.588. The van der Waals surface area contributed by atoms with Crippen molar-refractivity contribution in [1.82, 2.24) is 10.2 Å². The molecule has 5 heteroatoms. The van der Waals surface area contributed by atoms with Crippen molar-refractivity contribution < 1.29 is 9.53 Å². The summed E-state index contributed by atoms with van der Waals surface area (Å²) in [6.45, 7) is 7.69. The molecule has 0 radical (unpaired) electrons. The molecule has 2 rings (SSSR count). The van der Waals surface area contributed by atoms with E-state index in [2.05, 4.69) is 17.1 Å². The van der Waals surface area contributed by atoms with Gasteiger partial charge in [-0.25, -0.2) is 0 Å². The third-order valence-corrected chi connectivity index (χ3v) is 4.63. The fourth-order valence-corrected chi connectivity index (χ4v) is 3.19. The monoisotopic (exact) mass is 283 g/mol. The van der Waals surface area contributed by atoms with Crippen molar-refractivity contribution in [3.05, 3.63) is 0 Å². The average Bonchev–Trinajstić information content (AvgIpc) is 2.47. The normalized spacial score (nSPS) is 32.0. The van der Waals surface area contributed by atoms with Crippen LogP contribution in [0.2, 0.25) is 0 Å². The van der Waals surface area contributed by atoms with Gasteiger partial charge in [0.1, 0.15) is 0 Å². The van der Waals surface area contributed by atoms with Crippen molar-refractivity contribution in [2.45, 2.75) is 38.6 Å². The molecule has 2 aliphatic rings. The molecule has 116 valence electrons. The SMILES string of the molecule is CC1CCC(N)CC1C(=O)NCCCN1CCOCC1. The van der Waals surface area contributed by atoms with E-state index in [1.54, 1.807) is 0 Å². The van der Waals surface area contributed by atoms with Gasteiger partial charge >= 0.3 is 0 Å². The molecule has 0 aromatic rings. The first-order valence-corrected chi connectivity index (χ1v) is 8.00. The first-order valence-electron chi connectivity index (χ1n) is 8.00. The van der Waals surface area contributed by atoms with Crippen LogP contribution in [0.15, 0.2) is 0 Å². The second-order valence-corrected chi connectivity index (χ2v) is 6.26. The maximum atomic E-state index is 12.2. The summed E-state index contributed by atoms with van der Waals surface area (Å²) >= 11 is 0. The number of hydrogen-bond acceptors (Lipinski definition) is 4. The Balaban J connectivity index is 1.61. The molecular weight excluding hydrogens is 254 g/mol. The van der Waals surface area contributed by atoms with Gasteiger partial charge in [-0.2, -0.15) is 0 Å². The van der Waals surface area contributed by atoms with Gasteiger partial charge in [-0.05, 0) is 38.1 Å². The summed E-state index contributed by atoms with van der Waals surface area (Å²) in [5.74, 6) is 0.783.